The average molecular weight is 442 g/mol. The van der Waals surface area contributed by atoms with Crippen molar-refractivity contribution in [2.45, 2.75) is 25.7 Å². The molecule has 1 aliphatic heterocycles. The van der Waals surface area contributed by atoms with Gasteiger partial charge in [-0.15, -0.1) is 11.3 Å². The van der Waals surface area contributed by atoms with E-state index in [9.17, 15) is 9.59 Å². The molecule has 0 radical (unpaired) electrons. The van der Waals surface area contributed by atoms with Gasteiger partial charge in [-0.05, 0) is 31.0 Å². The van der Waals surface area contributed by atoms with Crippen molar-refractivity contribution in [1.29, 1.82) is 0 Å². The lowest BCUT2D eigenvalue weighted by atomic mass is 10.2. The van der Waals surface area contributed by atoms with Gasteiger partial charge in [0.25, 0.3) is 5.91 Å². The van der Waals surface area contributed by atoms with Crippen LogP contribution in [0.25, 0.3) is 10.1 Å². The summed E-state index contributed by atoms with van der Waals surface area (Å²) in [6.07, 6.45) is 4.82. The third kappa shape index (κ3) is 4.60. The number of halogens is 1. The fourth-order valence-electron chi connectivity index (χ4n) is 3.76. The predicted molar refractivity (Wildman–Crippen MR) is 125 cm³/mol. The molecule has 1 fully saturated rings. The zero-order valence-electron chi connectivity index (χ0n) is 16.6. The van der Waals surface area contributed by atoms with Crippen LogP contribution in [-0.4, -0.2) is 31.4 Å². The van der Waals surface area contributed by atoms with Crippen molar-refractivity contribution in [3.63, 3.8) is 0 Å². The number of carbonyl (C=O) groups is 2. The van der Waals surface area contributed by atoms with E-state index in [-0.39, 0.29) is 18.4 Å². The number of carbonyl (C=O) groups excluding carboxylic acids is 2. The molecule has 2 amide bonds. The first-order valence-electron chi connectivity index (χ1n) is 10.2. The van der Waals surface area contributed by atoms with Gasteiger partial charge in [0, 0.05) is 23.2 Å². The maximum Gasteiger partial charge on any atom is 0.263 e. The van der Waals surface area contributed by atoms with E-state index in [0.717, 1.165) is 47.4 Å². The van der Waals surface area contributed by atoms with Crippen molar-refractivity contribution in [3.8, 4) is 0 Å². The molecular weight excluding hydrogens is 418 g/mol. The number of nitrogens with zero attached hydrogens (tertiary/aromatic N) is 1. The average Bonchev–Trinajstić information content (AvgIpc) is 2.93. The van der Waals surface area contributed by atoms with E-state index in [1.54, 1.807) is 0 Å². The van der Waals surface area contributed by atoms with Gasteiger partial charge >= 0.3 is 0 Å². The van der Waals surface area contributed by atoms with Gasteiger partial charge in [0.15, 0.2) is 0 Å². The highest BCUT2D eigenvalue weighted by Gasteiger charge is 2.18. The first kappa shape index (κ1) is 20.7. The van der Waals surface area contributed by atoms with E-state index in [0.29, 0.717) is 9.90 Å². The summed E-state index contributed by atoms with van der Waals surface area (Å²) in [5.74, 6) is -0.597. The van der Waals surface area contributed by atoms with Gasteiger partial charge in [-0.25, -0.2) is 0 Å². The summed E-state index contributed by atoms with van der Waals surface area (Å²) in [4.78, 5) is 27.9. The summed E-state index contributed by atoms with van der Waals surface area (Å²) in [6.45, 7) is 1.87. The summed E-state index contributed by atoms with van der Waals surface area (Å²) in [6, 6.07) is 15.4. The second-order valence-electron chi connectivity index (χ2n) is 7.39. The highest BCUT2D eigenvalue weighted by atomic mass is 35.5. The summed E-state index contributed by atoms with van der Waals surface area (Å²) in [5.41, 5.74) is 1.81. The van der Waals surface area contributed by atoms with Crippen LogP contribution in [0.5, 0.6) is 0 Å². The molecule has 1 aliphatic rings. The van der Waals surface area contributed by atoms with Crippen LogP contribution in [0.4, 0.5) is 11.4 Å². The Morgan fingerprint density at radius 2 is 1.67 bits per heavy atom. The van der Waals surface area contributed by atoms with Crippen molar-refractivity contribution >= 4 is 56.2 Å². The largest absolute Gasteiger partial charge is 0.370 e. The number of benzene rings is 2. The van der Waals surface area contributed by atoms with Crippen molar-refractivity contribution < 1.29 is 9.59 Å². The molecule has 2 N–H and O–H groups in total. The van der Waals surface area contributed by atoms with Crippen molar-refractivity contribution in [2.75, 3.05) is 29.9 Å². The Labute approximate surface area is 185 Å². The molecule has 2 heterocycles. The summed E-state index contributed by atoms with van der Waals surface area (Å²) >= 11 is 7.69. The van der Waals surface area contributed by atoms with Gasteiger partial charge in [-0.1, -0.05) is 54.8 Å². The first-order valence-corrected chi connectivity index (χ1v) is 11.4. The lowest BCUT2D eigenvalue weighted by Gasteiger charge is -2.25. The SMILES string of the molecule is O=C(CNC(=O)c1sc2ccccc2c1Cl)Nc1ccccc1N1CCCCCC1. The fraction of sp³-hybridized carbons (Fsp3) is 0.304. The summed E-state index contributed by atoms with van der Waals surface area (Å²) < 4.78 is 0.948. The van der Waals surface area contributed by atoms with E-state index in [1.807, 2.05) is 48.5 Å². The van der Waals surface area contributed by atoms with Gasteiger partial charge in [0.1, 0.15) is 4.88 Å². The fourth-order valence-corrected chi connectivity index (χ4v) is 5.20. The number of rotatable bonds is 5. The third-order valence-electron chi connectivity index (χ3n) is 5.28. The number of amides is 2. The van der Waals surface area contributed by atoms with Gasteiger partial charge in [0.05, 0.1) is 22.9 Å². The molecule has 2 aromatic carbocycles. The molecule has 1 aromatic heterocycles. The zero-order chi connectivity index (χ0) is 20.9. The van der Waals surface area contributed by atoms with Crippen molar-refractivity contribution in [1.82, 2.24) is 5.32 Å². The Morgan fingerprint density at radius 1 is 0.967 bits per heavy atom. The molecule has 0 aliphatic carbocycles. The molecule has 0 atom stereocenters. The zero-order valence-corrected chi connectivity index (χ0v) is 18.2. The first-order chi connectivity index (χ1) is 14.6. The minimum atomic E-state index is -0.336. The second-order valence-corrected chi connectivity index (χ2v) is 8.82. The van der Waals surface area contributed by atoms with E-state index < -0.39 is 0 Å². The summed E-state index contributed by atoms with van der Waals surface area (Å²) in [7, 11) is 0. The Kier molecular flexibility index (Phi) is 6.55. The molecule has 30 heavy (non-hydrogen) atoms. The highest BCUT2D eigenvalue weighted by molar-refractivity contribution is 7.21. The molecule has 0 unspecified atom stereocenters. The number of hydrogen-bond donors (Lipinski definition) is 2. The maximum absolute atomic E-state index is 12.6. The van der Waals surface area contributed by atoms with Crippen LogP contribution in [0.15, 0.2) is 48.5 Å². The Bertz CT molecular complexity index is 1060. The van der Waals surface area contributed by atoms with Gasteiger partial charge < -0.3 is 15.5 Å². The van der Waals surface area contributed by atoms with Crippen LogP contribution in [-0.2, 0) is 4.79 Å². The lowest BCUT2D eigenvalue weighted by Crippen LogP contribution is -2.33. The molecular formula is C23H24ClN3O2S. The molecule has 156 valence electrons. The lowest BCUT2D eigenvalue weighted by molar-refractivity contribution is -0.115. The van der Waals surface area contributed by atoms with Crippen LogP contribution >= 0.6 is 22.9 Å². The number of hydrogen-bond acceptors (Lipinski definition) is 4. The Morgan fingerprint density at radius 3 is 2.43 bits per heavy atom. The standard InChI is InChI=1S/C23H24ClN3O2S/c24-21-16-9-3-6-12-19(16)30-22(21)23(29)25-15-20(28)26-17-10-4-5-11-18(17)27-13-7-1-2-8-14-27/h3-6,9-12H,1-2,7-8,13-15H2,(H,25,29)(H,26,28). The number of anilines is 2. The number of thiophene rings is 1. The van der Waals surface area contributed by atoms with Crippen molar-refractivity contribution in [2.24, 2.45) is 0 Å². The Balaban J connectivity index is 1.40. The minimum absolute atomic E-state index is 0.113. The van der Waals surface area contributed by atoms with Crippen LogP contribution in [0.1, 0.15) is 35.4 Å². The summed E-state index contributed by atoms with van der Waals surface area (Å²) in [5, 5.41) is 6.93. The normalized spacial score (nSPS) is 14.4. The quantitative estimate of drug-likeness (QED) is 0.564. The van der Waals surface area contributed by atoms with Crippen molar-refractivity contribution in [3.05, 3.63) is 58.4 Å². The Hall–Kier alpha value is -2.57. The topological polar surface area (TPSA) is 61.4 Å². The van der Waals surface area contributed by atoms with E-state index in [4.69, 9.17) is 11.6 Å². The molecule has 5 nitrogen and oxygen atoms in total. The van der Waals surface area contributed by atoms with Gasteiger partial charge in [0.2, 0.25) is 5.91 Å². The highest BCUT2D eigenvalue weighted by Crippen LogP contribution is 2.35. The van der Waals surface area contributed by atoms with Crippen LogP contribution < -0.4 is 15.5 Å². The monoisotopic (exact) mass is 441 g/mol. The second kappa shape index (κ2) is 9.49. The van der Waals surface area contributed by atoms with Gasteiger partial charge in [-0.3, -0.25) is 9.59 Å². The molecule has 0 bridgehead atoms. The molecule has 0 saturated carbocycles. The van der Waals surface area contributed by atoms with E-state index >= 15 is 0 Å². The number of para-hydroxylation sites is 2. The number of fused-ring (bicyclic) bond motifs is 1. The molecule has 4 rings (SSSR count). The van der Waals surface area contributed by atoms with E-state index in [2.05, 4.69) is 15.5 Å². The van der Waals surface area contributed by atoms with Crippen LogP contribution in [0.2, 0.25) is 5.02 Å². The molecule has 1 saturated heterocycles. The third-order valence-corrected chi connectivity index (χ3v) is 6.95. The van der Waals surface area contributed by atoms with Crippen LogP contribution in [0, 0.1) is 0 Å². The predicted octanol–water partition coefficient (Wildman–Crippen LogP) is 5.30. The molecule has 0 spiro atoms. The van der Waals surface area contributed by atoms with Gasteiger partial charge in [-0.2, -0.15) is 0 Å². The van der Waals surface area contributed by atoms with Crippen LogP contribution in [0.3, 0.4) is 0 Å². The molecule has 7 heteroatoms. The molecule has 3 aromatic rings. The smallest absolute Gasteiger partial charge is 0.263 e. The maximum atomic E-state index is 12.6. The minimum Gasteiger partial charge on any atom is -0.370 e. The number of nitrogens with one attached hydrogen (secondary N) is 2. The van der Waals surface area contributed by atoms with E-state index in [1.165, 1.54) is 24.2 Å².